The van der Waals surface area contributed by atoms with Gasteiger partial charge in [0.25, 0.3) is 0 Å². The van der Waals surface area contributed by atoms with Crippen LogP contribution < -0.4 is 10.1 Å². The van der Waals surface area contributed by atoms with Crippen molar-refractivity contribution in [2.45, 2.75) is 38.6 Å². The largest absolute Gasteiger partial charge is 0.497 e. The van der Waals surface area contributed by atoms with Crippen LogP contribution in [-0.2, 0) is 16.6 Å². The van der Waals surface area contributed by atoms with Crippen LogP contribution in [0.15, 0.2) is 48.5 Å². The topological polar surface area (TPSA) is 38.3 Å². The lowest BCUT2D eigenvalue weighted by molar-refractivity contribution is -0.126. The molecule has 0 aliphatic rings. The molecule has 0 aliphatic heterocycles. The Morgan fingerprint density at radius 1 is 1.21 bits per heavy atom. The second-order valence-electron chi connectivity index (χ2n) is 6.56. The van der Waals surface area contributed by atoms with Gasteiger partial charge in [0.1, 0.15) is 5.75 Å². The van der Waals surface area contributed by atoms with E-state index in [2.05, 4.69) is 5.32 Å². The molecule has 0 aliphatic carbocycles. The summed E-state index contributed by atoms with van der Waals surface area (Å²) in [4.78, 5) is 12.7. The molecule has 3 nitrogen and oxygen atoms in total. The first kappa shape index (κ1) is 18.3. The fourth-order valence-corrected chi connectivity index (χ4v) is 2.73. The number of benzene rings is 2. The van der Waals surface area contributed by atoms with Crippen LogP contribution in [0.25, 0.3) is 0 Å². The Hall–Kier alpha value is -2.00. The van der Waals surface area contributed by atoms with Crippen molar-refractivity contribution in [2.75, 3.05) is 7.11 Å². The summed E-state index contributed by atoms with van der Waals surface area (Å²) in [6.45, 7) is 5.85. The molecule has 2 aromatic rings. The minimum atomic E-state index is -0.618. The fraction of sp³-hybridized carbons (Fsp3) is 0.350. The maximum absolute atomic E-state index is 12.7. The second kappa shape index (κ2) is 7.71. The predicted molar refractivity (Wildman–Crippen MR) is 98.8 cm³/mol. The van der Waals surface area contributed by atoms with Gasteiger partial charge in [-0.3, -0.25) is 4.79 Å². The molecular formula is C20H24ClNO2. The molecule has 2 aromatic carbocycles. The smallest absolute Gasteiger partial charge is 0.230 e. The number of nitrogens with one attached hydrogen (secondary N) is 1. The Balaban J connectivity index is 2.03. The zero-order valence-electron chi connectivity index (χ0n) is 14.6. The van der Waals surface area contributed by atoms with Gasteiger partial charge in [-0.2, -0.15) is 0 Å². The van der Waals surface area contributed by atoms with Crippen molar-refractivity contribution in [3.8, 4) is 5.75 Å². The summed E-state index contributed by atoms with van der Waals surface area (Å²) in [5, 5.41) is 3.77. The molecule has 1 atom stereocenters. The van der Waals surface area contributed by atoms with Crippen LogP contribution in [0.1, 0.15) is 31.9 Å². The Kier molecular flexibility index (Phi) is 5.89. The van der Waals surface area contributed by atoms with Gasteiger partial charge in [-0.15, -0.1) is 0 Å². The Morgan fingerprint density at radius 3 is 2.50 bits per heavy atom. The highest BCUT2D eigenvalue weighted by Gasteiger charge is 2.30. The first-order valence-electron chi connectivity index (χ1n) is 8.03. The number of methoxy groups -OCH3 is 1. The van der Waals surface area contributed by atoms with E-state index in [9.17, 15) is 4.79 Å². The molecule has 0 spiro atoms. The molecule has 0 bridgehead atoms. The lowest BCUT2D eigenvalue weighted by atomic mass is 9.83. The SMILES string of the molecule is COc1cccc(CC(C)NC(=O)C(C)(C)c2ccc(Cl)cc2)c1. The van der Waals surface area contributed by atoms with Crippen molar-refractivity contribution >= 4 is 17.5 Å². The van der Waals surface area contributed by atoms with Gasteiger partial charge in [0, 0.05) is 11.1 Å². The second-order valence-corrected chi connectivity index (χ2v) is 7.00. The summed E-state index contributed by atoms with van der Waals surface area (Å²) < 4.78 is 5.24. The number of carbonyl (C=O) groups is 1. The summed E-state index contributed by atoms with van der Waals surface area (Å²) in [5.41, 5.74) is 1.46. The maximum Gasteiger partial charge on any atom is 0.230 e. The van der Waals surface area contributed by atoms with E-state index in [4.69, 9.17) is 16.3 Å². The van der Waals surface area contributed by atoms with Crippen molar-refractivity contribution in [3.63, 3.8) is 0 Å². The molecule has 2 rings (SSSR count). The van der Waals surface area contributed by atoms with Gasteiger partial charge in [-0.05, 0) is 62.6 Å². The van der Waals surface area contributed by atoms with Crippen LogP contribution in [0.4, 0.5) is 0 Å². The van der Waals surface area contributed by atoms with E-state index in [0.717, 1.165) is 23.3 Å². The van der Waals surface area contributed by atoms with Crippen LogP contribution in [0.5, 0.6) is 5.75 Å². The van der Waals surface area contributed by atoms with E-state index in [1.807, 2.05) is 69.3 Å². The number of hydrogen-bond acceptors (Lipinski definition) is 2. The van der Waals surface area contributed by atoms with Gasteiger partial charge in [-0.1, -0.05) is 35.9 Å². The maximum atomic E-state index is 12.7. The summed E-state index contributed by atoms with van der Waals surface area (Å²) >= 11 is 5.93. The lowest BCUT2D eigenvalue weighted by Crippen LogP contribution is -2.44. The number of carbonyl (C=O) groups excluding carboxylic acids is 1. The standard InChI is InChI=1S/C20H24ClNO2/c1-14(12-15-6-5-7-18(13-15)24-4)22-19(23)20(2,3)16-8-10-17(21)11-9-16/h5-11,13-14H,12H2,1-4H3,(H,22,23). The predicted octanol–water partition coefficient (Wildman–Crippen LogP) is 4.37. The number of hydrogen-bond donors (Lipinski definition) is 1. The summed E-state index contributed by atoms with van der Waals surface area (Å²) in [6, 6.07) is 15.3. The quantitative estimate of drug-likeness (QED) is 0.844. The number of ether oxygens (including phenoxy) is 1. The third kappa shape index (κ3) is 4.51. The first-order chi connectivity index (χ1) is 11.3. The number of rotatable bonds is 6. The van der Waals surface area contributed by atoms with Crippen LogP contribution in [0, 0.1) is 0 Å². The molecular weight excluding hydrogens is 322 g/mol. The van der Waals surface area contributed by atoms with Gasteiger partial charge in [-0.25, -0.2) is 0 Å². The average Bonchev–Trinajstić information content (AvgIpc) is 2.55. The third-order valence-corrected chi connectivity index (χ3v) is 4.44. The van der Waals surface area contributed by atoms with Crippen molar-refractivity contribution in [2.24, 2.45) is 0 Å². The minimum Gasteiger partial charge on any atom is -0.497 e. The molecule has 24 heavy (non-hydrogen) atoms. The summed E-state index contributed by atoms with van der Waals surface area (Å²) in [6.07, 6.45) is 0.750. The molecule has 0 radical (unpaired) electrons. The van der Waals surface area contributed by atoms with Crippen molar-refractivity contribution in [1.82, 2.24) is 5.32 Å². The lowest BCUT2D eigenvalue weighted by Gasteiger charge is -2.26. The molecule has 128 valence electrons. The zero-order chi connectivity index (χ0) is 17.7. The highest BCUT2D eigenvalue weighted by Crippen LogP contribution is 2.25. The van der Waals surface area contributed by atoms with Crippen LogP contribution >= 0.6 is 11.6 Å². The normalized spacial score (nSPS) is 12.5. The van der Waals surface area contributed by atoms with Crippen molar-refractivity contribution in [3.05, 3.63) is 64.7 Å². The molecule has 0 saturated carbocycles. The van der Waals surface area contributed by atoms with E-state index in [1.54, 1.807) is 7.11 Å². The fourth-order valence-electron chi connectivity index (χ4n) is 2.61. The van der Waals surface area contributed by atoms with Crippen molar-refractivity contribution in [1.29, 1.82) is 0 Å². The zero-order valence-corrected chi connectivity index (χ0v) is 15.4. The van der Waals surface area contributed by atoms with E-state index in [1.165, 1.54) is 0 Å². The monoisotopic (exact) mass is 345 g/mol. The van der Waals surface area contributed by atoms with Gasteiger partial charge < -0.3 is 10.1 Å². The summed E-state index contributed by atoms with van der Waals surface area (Å²) in [5.74, 6) is 0.827. The average molecular weight is 346 g/mol. The van der Waals surface area contributed by atoms with Gasteiger partial charge in [0.2, 0.25) is 5.91 Å². The van der Waals surface area contributed by atoms with E-state index in [0.29, 0.717) is 5.02 Å². The van der Waals surface area contributed by atoms with E-state index in [-0.39, 0.29) is 11.9 Å². The van der Waals surface area contributed by atoms with Crippen LogP contribution in [0.2, 0.25) is 5.02 Å². The van der Waals surface area contributed by atoms with Gasteiger partial charge >= 0.3 is 0 Å². The first-order valence-corrected chi connectivity index (χ1v) is 8.40. The Labute approximate surface area is 149 Å². The van der Waals surface area contributed by atoms with Gasteiger partial charge in [0.15, 0.2) is 0 Å². The van der Waals surface area contributed by atoms with Crippen LogP contribution in [-0.4, -0.2) is 19.1 Å². The molecule has 4 heteroatoms. The molecule has 0 heterocycles. The Morgan fingerprint density at radius 2 is 1.88 bits per heavy atom. The Bertz CT molecular complexity index is 695. The number of amides is 1. The molecule has 0 fully saturated rings. The minimum absolute atomic E-state index is 0.000202. The molecule has 0 saturated heterocycles. The van der Waals surface area contributed by atoms with Crippen molar-refractivity contribution < 1.29 is 9.53 Å². The molecule has 1 unspecified atom stereocenters. The molecule has 0 aromatic heterocycles. The van der Waals surface area contributed by atoms with E-state index >= 15 is 0 Å². The highest BCUT2D eigenvalue weighted by atomic mass is 35.5. The molecule has 1 N–H and O–H groups in total. The third-order valence-electron chi connectivity index (χ3n) is 4.19. The van der Waals surface area contributed by atoms with Gasteiger partial charge in [0.05, 0.1) is 12.5 Å². The summed E-state index contributed by atoms with van der Waals surface area (Å²) in [7, 11) is 1.65. The molecule has 1 amide bonds. The van der Waals surface area contributed by atoms with Crippen LogP contribution in [0.3, 0.4) is 0 Å². The van der Waals surface area contributed by atoms with E-state index < -0.39 is 5.41 Å². The number of halogens is 1. The highest BCUT2D eigenvalue weighted by molar-refractivity contribution is 6.30.